The number of benzene rings is 1. The first-order chi connectivity index (χ1) is 12.6. The zero-order valence-corrected chi connectivity index (χ0v) is 15.5. The number of hydrogen-bond acceptors (Lipinski definition) is 4. The number of amides is 1. The van der Waals surface area contributed by atoms with Gasteiger partial charge in [-0.05, 0) is 45.6 Å². The maximum Gasteiger partial charge on any atom is 0.292 e. The Morgan fingerprint density at radius 2 is 1.69 bits per heavy atom. The Balaban J connectivity index is 1.92. The first-order valence-electron chi connectivity index (χ1n) is 9.45. The Morgan fingerprint density at radius 3 is 2.35 bits per heavy atom. The van der Waals surface area contributed by atoms with Gasteiger partial charge >= 0.3 is 0 Å². The van der Waals surface area contributed by atoms with E-state index in [1.165, 1.54) is 23.9 Å². The summed E-state index contributed by atoms with van der Waals surface area (Å²) >= 11 is 0. The van der Waals surface area contributed by atoms with E-state index in [2.05, 4.69) is 15.6 Å². The number of hydrogen-bond donors (Lipinski definition) is 1. The van der Waals surface area contributed by atoms with Gasteiger partial charge in [0.2, 0.25) is 0 Å². The highest BCUT2D eigenvalue weighted by Gasteiger charge is 2.17. The maximum atomic E-state index is 12.7. The van der Waals surface area contributed by atoms with Crippen molar-refractivity contribution < 1.29 is 4.79 Å². The highest BCUT2D eigenvalue weighted by Crippen LogP contribution is 2.16. The Morgan fingerprint density at radius 1 is 1.08 bits per heavy atom. The van der Waals surface area contributed by atoms with Crippen LogP contribution in [0.2, 0.25) is 0 Å². The zero-order valence-electron chi connectivity index (χ0n) is 15.5. The fourth-order valence-corrected chi connectivity index (χ4v) is 3.33. The smallest absolute Gasteiger partial charge is 0.267 e. The largest absolute Gasteiger partial charge is 0.292 e. The summed E-state index contributed by atoms with van der Waals surface area (Å²) in [5, 5.41) is 9.73. The Hall–Kier alpha value is -2.50. The summed E-state index contributed by atoms with van der Waals surface area (Å²) < 4.78 is 1.36. The van der Waals surface area contributed by atoms with E-state index < -0.39 is 0 Å². The molecule has 3 rings (SSSR count). The van der Waals surface area contributed by atoms with Crippen LogP contribution >= 0.6 is 0 Å². The lowest BCUT2D eigenvalue weighted by atomic mass is 9.99. The highest BCUT2D eigenvalue weighted by molar-refractivity contribution is 6.05. The van der Waals surface area contributed by atoms with Crippen LogP contribution in [0.3, 0.4) is 0 Å². The second-order valence-electron chi connectivity index (χ2n) is 7.12. The number of nitrogens with zero attached hydrogens (tertiary/aromatic N) is 3. The second kappa shape index (κ2) is 8.25. The van der Waals surface area contributed by atoms with Gasteiger partial charge in [0.15, 0.2) is 5.69 Å². The lowest BCUT2D eigenvalue weighted by molar-refractivity contribution is 0.0949. The third kappa shape index (κ3) is 4.00. The van der Waals surface area contributed by atoms with E-state index in [9.17, 15) is 9.59 Å². The molecule has 1 aliphatic carbocycles. The molecule has 1 aromatic carbocycles. The average Bonchev–Trinajstić information content (AvgIpc) is 2.61. The van der Waals surface area contributed by atoms with Crippen LogP contribution in [0.5, 0.6) is 0 Å². The lowest BCUT2D eigenvalue weighted by Crippen LogP contribution is -2.30. The number of carbonyl (C=O) groups is 1. The molecule has 0 saturated heterocycles. The highest BCUT2D eigenvalue weighted by atomic mass is 16.2. The summed E-state index contributed by atoms with van der Waals surface area (Å²) in [5.41, 5.74) is 3.76. The molecule has 6 nitrogen and oxygen atoms in total. The molecule has 2 aromatic rings. The minimum absolute atomic E-state index is 0.129. The first-order valence-corrected chi connectivity index (χ1v) is 9.45. The Bertz CT molecular complexity index is 873. The quantitative estimate of drug-likeness (QED) is 0.852. The van der Waals surface area contributed by atoms with E-state index in [0.29, 0.717) is 10.8 Å². The molecular weight excluding hydrogens is 328 g/mol. The second-order valence-corrected chi connectivity index (χ2v) is 7.12. The van der Waals surface area contributed by atoms with E-state index in [1.807, 2.05) is 13.8 Å². The number of fused-ring (bicyclic) bond motifs is 1. The standard InChI is InChI=1S/C20H26N4O2/c1-14(2)24-20(26)17-13-9-8-12-16(17)18(23-24)19(25)22-21-15-10-6-4-3-5-7-11-15/h8-9,12-14H,3-7,10-11H2,1-2H3,(H,22,25). The minimum Gasteiger partial charge on any atom is -0.267 e. The van der Waals surface area contributed by atoms with Crippen LogP contribution in [0, 0.1) is 0 Å². The first kappa shape index (κ1) is 18.3. The molecule has 6 heteroatoms. The molecule has 1 heterocycles. The van der Waals surface area contributed by atoms with Gasteiger partial charge in [0.25, 0.3) is 11.5 Å². The fraction of sp³-hybridized carbons (Fsp3) is 0.500. The van der Waals surface area contributed by atoms with Crippen LogP contribution < -0.4 is 11.0 Å². The Kier molecular flexibility index (Phi) is 5.81. The van der Waals surface area contributed by atoms with Crippen LogP contribution in [0.4, 0.5) is 0 Å². The molecule has 1 amide bonds. The fourth-order valence-electron chi connectivity index (χ4n) is 3.33. The molecule has 138 valence electrons. The van der Waals surface area contributed by atoms with E-state index >= 15 is 0 Å². The SMILES string of the molecule is CC(C)n1nc(C(=O)NN=C2CCCCCCC2)c2ccccc2c1=O. The zero-order chi connectivity index (χ0) is 18.5. The monoisotopic (exact) mass is 354 g/mol. The van der Waals surface area contributed by atoms with Crippen molar-refractivity contribution in [1.82, 2.24) is 15.2 Å². The molecule has 0 atom stereocenters. The molecule has 1 aromatic heterocycles. The molecule has 0 spiro atoms. The van der Waals surface area contributed by atoms with Crippen molar-refractivity contribution in [1.29, 1.82) is 0 Å². The molecule has 0 radical (unpaired) electrons. The normalized spacial score (nSPS) is 15.6. The van der Waals surface area contributed by atoms with Gasteiger partial charge < -0.3 is 0 Å². The third-order valence-electron chi connectivity index (χ3n) is 4.78. The predicted molar refractivity (Wildman–Crippen MR) is 104 cm³/mol. The molecule has 1 aliphatic rings. The van der Waals surface area contributed by atoms with Crippen LogP contribution in [0.1, 0.15) is 75.3 Å². The predicted octanol–water partition coefficient (Wildman–Crippen LogP) is 3.81. The number of carbonyl (C=O) groups excluding carboxylic acids is 1. The van der Waals surface area contributed by atoms with Gasteiger partial charge in [-0.3, -0.25) is 9.59 Å². The summed E-state index contributed by atoms with van der Waals surface area (Å²) in [5.74, 6) is -0.370. The van der Waals surface area contributed by atoms with Gasteiger partial charge in [0, 0.05) is 11.1 Å². The van der Waals surface area contributed by atoms with E-state index in [-0.39, 0.29) is 23.2 Å². The van der Waals surface area contributed by atoms with Crippen molar-refractivity contribution in [3.63, 3.8) is 0 Å². The molecule has 0 aliphatic heterocycles. The third-order valence-corrected chi connectivity index (χ3v) is 4.78. The van der Waals surface area contributed by atoms with Crippen molar-refractivity contribution in [2.45, 2.75) is 64.8 Å². The summed E-state index contributed by atoms with van der Waals surface area (Å²) in [7, 11) is 0. The van der Waals surface area contributed by atoms with Crippen molar-refractivity contribution in [2.24, 2.45) is 5.10 Å². The van der Waals surface area contributed by atoms with Crippen LogP contribution in [0.25, 0.3) is 10.8 Å². The maximum absolute atomic E-state index is 12.7. The molecule has 1 fully saturated rings. The van der Waals surface area contributed by atoms with Crippen molar-refractivity contribution >= 4 is 22.4 Å². The van der Waals surface area contributed by atoms with Gasteiger partial charge in [0.05, 0.1) is 11.4 Å². The van der Waals surface area contributed by atoms with Crippen molar-refractivity contribution in [2.75, 3.05) is 0 Å². The van der Waals surface area contributed by atoms with Crippen LogP contribution in [-0.2, 0) is 0 Å². The van der Waals surface area contributed by atoms with Crippen molar-refractivity contribution in [3.8, 4) is 0 Å². The van der Waals surface area contributed by atoms with E-state index in [4.69, 9.17) is 0 Å². The van der Waals surface area contributed by atoms with Crippen LogP contribution in [-0.4, -0.2) is 21.4 Å². The average molecular weight is 354 g/mol. The lowest BCUT2D eigenvalue weighted by Gasteiger charge is -2.13. The summed E-state index contributed by atoms with van der Waals surface area (Å²) in [6.45, 7) is 3.75. The minimum atomic E-state index is -0.370. The molecule has 1 saturated carbocycles. The van der Waals surface area contributed by atoms with E-state index in [0.717, 1.165) is 31.4 Å². The molecule has 0 bridgehead atoms. The summed E-state index contributed by atoms with van der Waals surface area (Å²) in [6.07, 6.45) is 7.82. The van der Waals surface area contributed by atoms with Crippen molar-refractivity contribution in [3.05, 3.63) is 40.3 Å². The van der Waals surface area contributed by atoms with Gasteiger partial charge in [-0.2, -0.15) is 10.2 Å². The van der Waals surface area contributed by atoms with Gasteiger partial charge in [-0.25, -0.2) is 10.1 Å². The van der Waals surface area contributed by atoms with Gasteiger partial charge in [-0.15, -0.1) is 0 Å². The summed E-state index contributed by atoms with van der Waals surface area (Å²) in [6, 6.07) is 6.96. The number of aromatic nitrogens is 2. The molecule has 1 N–H and O–H groups in total. The van der Waals surface area contributed by atoms with E-state index in [1.54, 1.807) is 24.3 Å². The molecule has 26 heavy (non-hydrogen) atoms. The van der Waals surface area contributed by atoms with Gasteiger partial charge in [-0.1, -0.05) is 37.5 Å². The Labute approximate surface area is 153 Å². The summed E-state index contributed by atoms with van der Waals surface area (Å²) in [4.78, 5) is 25.3. The van der Waals surface area contributed by atoms with Crippen LogP contribution in [0.15, 0.2) is 34.2 Å². The molecular formula is C20H26N4O2. The molecule has 0 unspecified atom stereocenters. The topological polar surface area (TPSA) is 76.3 Å². The number of hydrazone groups is 1. The number of rotatable bonds is 3. The number of nitrogens with one attached hydrogen (secondary N) is 1. The van der Waals surface area contributed by atoms with Gasteiger partial charge in [0.1, 0.15) is 0 Å².